The zero-order valence-electron chi connectivity index (χ0n) is 16.9. The fourth-order valence-electron chi connectivity index (χ4n) is 3.84. The molecule has 0 atom stereocenters. The minimum absolute atomic E-state index is 0.111. The Hall–Kier alpha value is -2.92. The number of methoxy groups -OCH3 is 1. The Morgan fingerprint density at radius 2 is 1.83 bits per heavy atom. The Labute approximate surface area is 181 Å². The zero-order valence-corrected chi connectivity index (χ0v) is 17.7. The van der Waals surface area contributed by atoms with E-state index in [1.807, 2.05) is 54.6 Å². The van der Waals surface area contributed by atoms with Gasteiger partial charge in [0.2, 0.25) is 0 Å². The molecule has 1 aromatic heterocycles. The zero-order chi connectivity index (χ0) is 20.9. The number of halogens is 1. The maximum Gasteiger partial charge on any atom is 0.252 e. The molecule has 1 aliphatic rings. The van der Waals surface area contributed by atoms with E-state index in [0.29, 0.717) is 22.9 Å². The van der Waals surface area contributed by atoms with E-state index in [0.717, 1.165) is 30.0 Å². The van der Waals surface area contributed by atoms with Gasteiger partial charge in [-0.05, 0) is 62.1 Å². The Balaban J connectivity index is 1.74. The second-order valence-corrected chi connectivity index (χ2v) is 7.89. The van der Waals surface area contributed by atoms with Gasteiger partial charge in [0.15, 0.2) is 11.5 Å². The first-order valence-corrected chi connectivity index (χ1v) is 10.6. The first kappa shape index (κ1) is 20.4. The number of nitrogens with zero attached hydrogens (tertiary/aromatic N) is 1. The molecule has 1 aliphatic carbocycles. The summed E-state index contributed by atoms with van der Waals surface area (Å²) < 4.78 is 11.8. The molecule has 0 aliphatic heterocycles. The minimum Gasteiger partial charge on any atom is -0.493 e. The van der Waals surface area contributed by atoms with Crippen molar-refractivity contribution < 1.29 is 9.47 Å². The third-order valence-electron chi connectivity index (χ3n) is 5.40. The molecule has 2 aromatic carbocycles. The van der Waals surface area contributed by atoms with Gasteiger partial charge in [0, 0.05) is 34.2 Å². The number of benzene rings is 2. The summed E-state index contributed by atoms with van der Waals surface area (Å²) in [5.41, 5.74) is 2.34. The number of hydrogen-bond acceptors (Lipinski definition) is 4. The van der Waals surface area contributed by atoms with Gasteiger partial charge < -0.3 is 19.4 Å². The Morgan fingerprint density at radius 3 is 2.57 bits per heavy atom. The van der Waals surface area contributed by atoms with Crippen molar-refractivity contribution in [3.05, 3.63) is 81.7 Å². The number of rotatable bonds is 7. The van der Waals surface area contributed by atoms with Crippen LogP contribution in [0.5, 0.6) is 11.5 Å². The van der Waals surface area contributed by atoms with Crippen molar-refractivity contribution in [3.63, 3.8) is 0 Å². The molecule has 1 fully saturated rings. The molecule has 0 bridgehead atoms. The molecule has 30 heavy (non-hydrogen) atoms. The lowest BCUT2D eigenvalue weighted by Gasteiger charge is -2.26. The number of hydrogen-bond donors (Lipinski definition) is 1. The van der Waals surface area contributed by atoms with Crippen LogP contribution in [0, 0.1) is 0 Å². The number of aromatic amines is 1. The average molecular weight is 425 g/mol. The van der Waals surface area contributed by atoms with Crippen LogP contribution in [0.4, 0.5) is 11.4 Å². The summed E-state index contributed by atoms with van der Waals surface area (Å²) in [4.78, 5) is 17.1. The fourth-order valence-corrected chi connectivity index (χ4v) is 4.02. The van der Waals surface area contributed by atoms with E-state index >= 15 is 0 Å². The SMILES string of the molecule is COc1ccc(N(Cc2ccc[nH]c2=O)c2cccc(Cl)c2)cc1OC1CCCC1. The summed E-state index contributed by atoms with van der Waals surface area (Å²) in [6.45, 7) is 0.395. The predicted octanol–water partition coefficient (Wildman–Crippen LogP) is 5.70. The molecular formula is C24H25ClN2O3. The second-order valence-electron chi connectivity index (χ2n) is 7.45. The molecule has 4 rings (SSSR count). The van der Waals surface area contributed by atoms with Crippen LogP contribution >= 0.6 is 11.6 Å². The van der Waals surface area contributed by atoms with Crippen LogP contribution in [0.25, 0.3) is 0 Å². The predicted molar refractivity (Wildman–Crippen MR) is 120 cm³/mol. The summed E-state index contributed by atoms with van der Waals surface area (Å²) in [7, 11) is 1.65. The monoisotopic (exact) mass is 424 g/mol. The van der Waals surface area contributed by atoms with Gasteiger partial charge in [0.25, 0.3) is 5.56 Å². The number of H-pyrrole nitrogens is 1. The molecule has 156 valence electrons. The highest BCUT2D eigenvalue weighted by Gasteiger charge is 2.20. The highest BCUT2D eigenvalue weighted by atomic mass is 35.5. The summed E-state index contributed by atoms with van der Waals surface area (Å²) in [6, 6.07) is 17.1. The van der Waals surface area contributed by atoms with E-state index in [2.05, 4.69) is 9.88 Å². The molecular weight excluding hydrogens is 400 g/mol. The minimum atomic E-state index is -0.111. The van der Waals surface area contributed by atoms with E-state index < -0.39 is 0 Å². The topological polar surface area (TPSA) is 54.6 Å². The van der Waals surface area contributed by atoms with Crippen LogP contribution in [0.2, 0.25) is 5.02 Å². The van der Waals surface area contributed by atoms with Crippen molar-refractivity contribution in [3.8, 4) is 11.5 Å². The highest BCUT2D eigenvalue weighted by Crippen LogP contribution is 2.38. The van der Waals surface area contributed by atoms with Crippen molar-refractivity contribution in [1.82, 2.24) is 4.98 Å². The number of anilines is 2. The number of ether oxygens (including phenoxy) is 2. The summed E-state index contributed by atoms with van der Waals surface area (Å²) in [6.07, 6.45) is 6.35. The molecule has 1 N–H and O–H groups in total. The van der Waals surface area contributed by atoms with Gasteiger partial charge >= 0.3 is 0 Å². The largest absolute Gasteiger partial charge is 0.493 e. The standard InChI is InChI=1S/C24H25ClN2O3/c1-29-22-12-11-20(15-23(22)30-21-9-2-3-10-21)27(19-8-4-7-18(25)14-19)16-17-6-5-13-26-24(17)28/h4-8,11-15,21H,2-3,9-10,16H2,1H3,(H,26,28). The van der Waals surface area contributed by atoms with Crippen molar-refractivity contribution in [2.75, 3.05) is 12.0 Å². The number of pyridine rings is 1. The Morgan fingerprint density at radius 1 is 1.03 bits per heavy atom. The van der Waals surface area contributed by atoms with Gasteiger partial charge in [-0.3, -0.25) is 4.79 Å². The lowest BCUT2D eigenvalue weighted by molar-refractivity contribution is 0.201. The molecule has 0 radical (unpaired) electrons. The molecule has 3 aromatic rings. The van der Waals surface area contributed by atoms with Crippen LogP contribution < -0.4 is 19.9 Å². The van der Waals surface area contributed by atoms with E-state index in [9.17, 15) is 4.79 Å². The first-order valence-electron chi connectivity index (χ1n) is 10.2. The maximum absolute atomic E-state index is 12.3. The van der Waals surface area contributed by atoms with E-state index in [1.54, 1.807) is 13.3 Å². The van der Waals surface area contributed by atoms with Gasteiger partial charge in [-0.2, -0.15) is 0 Å². The van der Waals surface area contributed by atoms with Gasteiger partial charge in [0.1, 0.15) is 0 Å². The number of aromatic nitrogens is 1. The van der Waals surface area contributed by atoms with Gasteiger partial charge in [-0.1, -0.05) is 23.7 Å². The molecule has 0 amide bonds. The quantitative estimate of drug-likeness (QED) is 0.528. The summed E-state index contributed by atoms with van der Waals surface area (Å²) >= 11 is 6.26. The molecule has 0 unspecified atom stereocenters. The molecule has 5 nitrogen and oxygen atoms in total. The summed E-state index contributed by atoms with van der Waals surface area (Å²) in [5, 5.41) is 0.635. The first-order chi connectivity index (χ1) is 14.6. The average Bonchev–Trinajstić information content (AvgIpc) is 3.26. The Kier molecular flexibility index (Phi) is 6.29. The molecule has 0 spiro atoms. The Bertz CT molecular complexity index is 1060. The van der Waals surface area contributed by atoms with Crippen LogP contribution in [0.3, 0.4) is 0 Å². The van der Waals surface area contributed by atoms with Crippen molar-refractivity contribution >= 4 is 23.0 Å². The van der Waals surface area contributed by atoms with Gasteiger partial charge in [0.05, 0.1) is 19.8 Å². The normalized spacial score (nSPS) is 13.9. The second kappa shape index (κ2) is 9.26. The smallest absolute Gasteiger partial charge is 0.252 e. The van der Waals surface area contributed by atoms with Crippen molar-refractivity contribution in [2.45, 2.75) is 38.3 Å². The van der Waals surface area contributed by atoms with Crippen LogP contribution in [-0.2, 0) is 6.54 Å². The molecule has 1 heterocycles. The molecule has 6 heteroatoms. The third-order valence-corrected chi connectivity index (χ3v) is 5.64. The fraction of sp³-hybridized carbons (Fsp3) is 0.292. The van der Waals surface area contributed by atoms with Crippen LogP contribution in [0.15, 0.2) is 65.6 Å². The van der Waals surface area contributed by atoms with Crippen molar-refractivity contribution in [2.24, 2.45) is 0 Å². The van der Waals surface area contributed by atoms with Crippen LogP contribution in [0.1, 0.15) is 31.2 Å². The lowest BCUT2D eigenvalue weighted by atomic mass is 10.1. The van der Waals surface area contributed by atoms with Crippen LogP contribution in [-0.4, -0.2) is 18.2 Å². The molecule has 0 saturated heterocycles. The maximum atomic E-state index is 12.3. The highest BCUT2D eigenvalue weighted by molar-refractivity contribution is 6.30. The van der Waals surface area contributed by atoms with Crippen molar-refractivity contribution in [1.29, 1.82) is 0 Å². The summed E-state index contributed by atoms with van der Waals surface area (Å²) in [5.74, 6) is 1.42. The van der Waals surface area contributed by atoms with E-state index in [4.69, 9.17) is 21.1 Å². The van der Waals surface area contributed by atoms with E-state index in [1.165, 1.54) is 12.8 Å². The van der Waals surface area contributed by atoms with Gasteiger partial charge in [-0.25, -0.2) is 0 Å². The van der Waals surface area contributed by atoms with E-state index in [-0.39, 0.29) is 11.7 Å². The molecule has 1 saturated carbocycles. The van der Waals surface area contributed by atoms with Gasteiger partial charge in [-0.15, -0.1) is 0 Å². The third kappa shape index (κ3) is 4.62. The number of nitrogens with one attached hydrogen (secondary N) is 1. The lowest BCUT2D eigenvalue weighted by Crippen LogP contribution is -2.22.